The van der Waals surface area contributed by atoms with Crippen LogP contribution in [0.4, 0.5) is 0 Å². The summed E-state index contributed by atoms with van der Waals surface area (Å²) in [4.78, 5) is 4.03. The van der Waals surface area contributed by atoms with Crippen LogP contribution in [0.1, 0.15) is 5.56 Å². The zero-order valence-electron chi connectivity index (χ0n) is 7.94. The van der Waals surface area contributed by atoms with Crippen LogP contribution in [0.5, 0.6) is 5.75 Å². The summed E-state index contributed by atoms with van der Waals surface area (Å²) in [6.45, 7) is 2.01. The monoisotopic (exact) mass is 185 g/mol. The molecule has 1 heterocycles. The van der Waals surface area contributed by atoms with Crippen molar-refractivity contribution in [2.24, 2.45) is 0 Å². The number of rotatable bonds is 1. The average molecular weight is 185 g/mol. The highest BCUT2D eigenvalue weighted by Gasteiger charge is 2.01. The standard InChI is InChI=1S/C12H11NO/c1-9-8-13-6-5-12(9)10-3-2-4-11(14)7-10/h2-8,14H,1H3. The summed E-state index contributed by atoms with van der Waals surface area (Å²) in [5.74, 6) is 0.290. The fourth-order valence-corrected chi connectivity index (χ4v) is 1.47. The number of hydrogen-bond acceptors (Lipinski definition) is 2. The van der Waals surface area contributed by atoms with Gasteiger partial charge in [-0.2, -0.15) is 0 Å². The van der Waals surface area contributed by atoms with Crippen LogP contribution >= 0.6 is 0 Å². The van der Waals surface area contributed by atoms with E-state index in [1.807, 2.05) is 31.3 Å². The van der Waals surface area contributed by atoms with E-state index in [-0.39, 0.29) is 0 Å². The maximum atomic E-state index is 9.35. The van der Waals surface area contributed by atoms with Gasteiger partial charge in [-0.3, -0.25) is 4.98 Å². The number of nitrogens with zero attached hydrogens (tertiary/aromatic N) is 1. The van der Waals surface area contributed by atoms with Crippen LogP contribution in [0, 0.1) is 6.92 Å². The topological polar surface area (TPSA) is 33.1 Å². The normalized spacial score (nSPS) is 10.1. The number of hydrogen-bond donors (Lipinski definition) is 1. The molecule has 0 aliphatic heterocycles. The number of aryl methyl sites for hydroxylation is 1. The molecule has 2 heteroatoms. The van der Waals surface area contributed by atoms with E-state index in [0.717, 1.165) is 16.7 Å². The molecule has 0 unspecified atom stereocenters. The van der Waals surface area contributed by atoms with E-state index in [4.69, 9.17) is 0 Å². The Morgan fingerprint density at radius 1 is 1.21 bits per heavy atom. The summed E-state index contributed by atoms with van der Waals surface area (Å²) in [5.41, 5.74) is 3.24. The Morgan fingerprint density at radius 3 is 2.79 bits per heavy atom. The maximum Gasteiger partial charge on any atom is 0.116 e. The van der Waals surface area contributed by atoms with Gasteiger partial charge in [-0.05, 0) is 41.8 Å². The molecule has 0 atom stereocenters. The predicted molar refractivity (Wildman–Crippen MR) is 56.1 cm³/mol. The average Bonchev–Trinajstić information content (AvgIpc) is 2.18. The fourth-order valence-electron chi connectivity index (χ4n) is 1.47. The highest BCUT2D eigenvalue weighted by atomic mass is 16.3. The minimum atomic E-state index is 0.290. The second kappa shape index (κ2) is 3.50. The minimum Gasteiger partial charge on any atom is -0.508 e. The van der Waals surface area contributed by atoms with Gasteiger partial charge in [0, 0.05) is 12.4 Å². The molecule has 0 saturated heterocycles. The number of aromatic nitrogens is 1. The van der Waals surface area contributed by atoms with Crippen molar-refractivity contribution in [3.05, 3.63) is 48.3 Å². The Labute approximate surface area is 82.9 Å². The second-order valence-corrected chi connectivity index (χ2v) is 3.24. The second-order valence-electron chi connectivity index (χ2n) is 3.24. The lowest BCUT2D eigenvalue weighted by Crippen LogP contribution is -1.83. The van der Waals surface area contributed by atoms with Crippen molar-refractivity contribution in [2.45, 2.75) is 6.92 Å². The fraction of sp³-hybridized carbons (Fsp3) is 0.0833. The first kappa shape index (κ1) is 8.75. The summed E-state index contributed by atoms with van der Waals surface area (Å²) < 4.78 is 0. The number of phenolic OH excluding ortho intramolecular Hbond substituents is 1. The van der Waals surface area contributed by atoms with Crippen LogP contribution in [0.2, 0.25) is 0 Å². The van der Waals surface area contributed by atoms with E-state index in [1.54, 1.807) is 18.3 Å². The summed E-state index contributed by atoms with van der Waals surface area (Å²) >= 11 is 0. The van der Waals surface area contributed by atoms with E-state index in [9.17, 15) is 5.11 Å². The molecule has 1 aromatic carbocycles. The Bertz CT molecular complexity index is 452. The Morgan fingerprint density at radius 2 is 2.07 bits per heavy atom. The van der Waals surface area contributed by atoms with E-state index in [0.29, 0.717) is 5.75 Å². The molecule has 0 aliphatic rings. The van der Waals surface area contributed by atoms with Gasteiger partial charge in [0.05, 0.1) is 0 Å². The largest absolute Gasteiger partial charge is 0.508 e. The van der Waals surface area contributed by atoms with Gasteiger partial charge in [0.25, 0.3) is 0 Å². The summed E-state index contributed by atoms with van der Waals surface area (Å²) in [7, 11) is 0. The number of phenols is 1. The molecule has 0 radical (unpaired) electrons. The molecule has 70 valence electrons. The van der Waals surface area contributed by atoms with Crippen LogP contribution in [0.15, 0.2) is 42.7 Å². The molecule has 0 saturated carbocycles. The van der Waals surface area contributed by atoms with Crippen molar-refractivity contribution in [3.8, 4) is 16.9 Å². The zero-order valence-corrected chi connectivity index (χ0v) is 7.94. The molecule has 0 bridgehead atoms. The van der Waals surface area contributed by atoms with Crippen molar-refractivity contribution in [3.63, 3.8) is 0 Å². The molecule has 14 heavy (non-hydrogen) atoms. The van der Waals surface area contributed by atoms with Gasteiger partial charge in [-0.25, -0.2) is 0 Å². The quantitative estimate of drug-likeness (QED) is 0.741. The van der Waals surface area contributed by atoms with Crippen molar-refractivity contribution in [1.82, 2.24) is 4.98 Å². The third kappa shape index (κ3) is 1.59. The molecule has 0 aliphatic carbocycles. The Balaban J connectivity index is 2.55. The smallest absolute Gasteiger partial charge is 0.116 e. The van der Waals surface area contributed by atoms with Crippen LogP contribution in [-0.4, -0.2) is 10.1 Å². The summed E-state index contributed by atoms with van der Waals surface area (Å²) in [6.07, 6.45) is 3.58. The Hall–Kier alpha value is -1.83. The maximum absolute atomic E-state index is 9.35. The molecule has 0 spiro atoms. The van der Waals surface area contributed by atoms with Gasteiger partial charge in [0.2, 0.25) is 0 Å². The summed E-state index contributed by atoms with van der Waals surface area (Å²) in [6, 6.07) is 9.18. The van der Waals surface area contributed by atoms with Crippen molar-refractivity contribution < 1.29 is 5.11 Å². The first-order valence-electron chi connectivity index (χ1n) is 4.47. The number of pyridine rings is 1. The first-order valence-corrected chi connectivity index (χ1v) is 4.47. The van der Waals surface area contributed by atoms with Gasteiger partial charge in [0.15, 0.2) is 0 Å². The van der Waals surface area contributed by atoms with Crippen LogP contribution in [-0.2, 0) is 0 Å². The lowest BCUT2D eigenvalue weighted by atomic mass is 10.0. The van der Waals surface area contributed by atoms with Gasteiger partial charge in [-0.1, -0.05) is 12.1 Å². The van der Waals surface area contributed by atoms with Crippen molar-refractivity contribution in [1.29, 1.82) is 0 Å². The van der Waals surface area contributed by atoms with E-state index in [2.05, 4.69) is 4.98 Å². The van der Waals surface area contributed by atoms with Gasteiger partial charge in [-0.15, -0.1) is 0 Å². The molecule has 1 aromatic heterocycles. The minimum absolute atomic E-state index is 0.290. The third-order valence-electron chi connectivity index (χ3n) is 2.18. The number of aromatic hydroxyl groups is 1. The molecule has 0 amide bonds. The molecule has 2 nitrogen and oxygen atoms in total. The number of benzene rings is 1. The molecular weight excluding hydrogens is 174 g/mol. The van der Waals surface area contributed by atoms with E-state index >= 15 is 0 Å². The first-order chi connectivity index (χ1) is 6.77. The van der Waals surface area contributed by atoms with Crippen LogP contribution in [0.3, 0.4) is 0 Å². The third-order valence-corrected chi connectivity index (χ3v) is 2.18. The predicted octanol–water partition coefficient (Wildman–Crippen LogP) is 2.76. The molecule has 1 N–H and O–H groups in total. The lowest BCUT2D eigenvalue weighted by Gasteiger charge is -2.04. The molecule has 2 aromatic rings. The summed E-state index contributed by atoms with van der Waals surface area (Å²) in [5, 5.41) is 9.35. The van der Waals surface area contributed by atoms with E-state index < -0.39 is 0 Å². The Kier molecular flexibility index (Phi) is 2.19. The highest BCUT2D eigenvalue weighted by Crippen LogP contribution is 2.24. The highest BCUT2D eigenvalue weighted by molar-refractivity contribution is 5.67. The molecule has 2 rings (SSSR count). The van der Waals surface area contributed by atoms with Crippen LogP contribution in [0.25, 0.3) is 11.1 Å². The van der Waals surface area contributed by atoms with Gasteiger partial charge < -0.3 is 5.11 Å². The lowest BCUT2D eigenvalue weighted by molar-refractivity contribution is 0.475. The van der Waals surface area contributed by atoms with Gasteiger partial charge >= 0.3 is 0 Å². The van der Waals surface area contributed by atoms with Crippen molar-refractivity contribution >= 4 is 0 Å². The zero-order chi connectivity index (χ0) is 9.97. The molecular formula is C12H11NO. The van der Waals surface area contributed by atoms with E-state index in [1.165, 1.54) is 0 Å². The van der Waals surface area contributed by atoms with Crippen LogP contribution < -0.4 is 0 Å². The van der Waals surface area contributed by atoms with Crippen molar-refractivity contribution in [2.75, 3.05) is 0 Å². The SMILES string of the molecule is Cc1cnccc1-c1cccc(O)c1. The van der Waals surface area contributed by atoms with Gasteiger partial charge in [0.1, 0.15) is 5.75 Å². The molecule has 0 fully saturated rings.